The molecule has 254 valence electrons. The van der Waals surface area contributed by atoms with Crippen molar-refractivity contribution >= 4 is 11.9 Å². The number of hydrogen-bond donors (Lipinski definition) is 3. The Morgan fingerprint density at radius 2 is 1.82 bits per heavy atom. The topological polar surface area (TPSA) is 141 Å². The van der Waals surface area contributed by atoms with Gasteiger partial charge in [0.1, 0.15) is 23.9 Å². The Bertz CT molecular complexity index is 1210. The van der Waals surface area contributed by atoms with E-state index in [0.29, 0.717) is 31.3 Å². The first-order chi connectivity index (χ1) is 21.0. The fourth-order valence-corrected chi connectivity index (χ4v) is 9.78. The Hall–Kier alpha value is -1.82. The highest BCUT2D eigenvalue weighted by Gasteiger charge is 2.77. The predicted molar refractivity (Wildman–Crippen MR) is 165 cm³/mol. The summed E-state index contributed by atoms with van der Waals surface area (Å²) in [5, 5.41) is 35.5. The van der Waals surface area contributed by atoms with Gasteiger partial charge in [0.05, 0.1) is 29.3 Å². The van der Waals surface area contributed by atoms with Crippen LogP contribution in [0.15, 0.2) is 23.3 Å². The molecule has 1 aliphatic heterocycles. The second kappa shape index (κ2) is 12.3. The lowest BCUT2D eigenvalue weighted by Gasteiger charge is -2.64. The highest BCUT2D eigenvalue weighted by molar-refractivity contribution is 5.87. The predicted octanol–water partition coefficient (Wildman–Crippen LogP) is 4.13. The third-order valence-corrected chi connectivity index (χ3v) is 12.8. The minimum atomic E-state index is -1.60. The van der Waals surface area contributed by atoms with E-state index in [1.54, 1.807) is 34.0 Å². The van der Waals surface area contributed by atoms with Crippen LogP contribution in [0.25, 0.3) is 0 Å². The summed E-state index contributed by atoms with van der Waals surface area (Å²) in [6, 6.07) is 0. The number of carbonyl (C=O) groups excluding carboxylic acids is 2. The molecule has 4 aliphatic carbocycles. The van der Waals surface area contributed by atoms with Gasteiger partial charge in [0.15, 0.2) is 6.29 Å². The van der Waals surface area contributed by atoms with Crippen LogP contribution in [0.5, 0.6) is 0 Å². The van der Waals surface area contributed by atoms with Gasteiger partial charge in [-0.25, -0.2) is 4.79 Å². The van der Waals surface area contributed by atoms with Crippen molar-refractivity contribution in [1.29, 1.82) is 0 Å². The minimum absolute atomic E-state index is 0.00871. The normalized spacial score (nSPS) is 47.1. The minimum Gasteiger partial charge on any atom is -0.460 e. The summed E-state index contributed by atoms with van der Waals surface area (Å²) >= 11 is 0. The smallest absolute Gasteiger partial charge is 0.333 e. The molecule has 3 N–H and O–H groups in total. The zero-order chi connectivity index (χ0) is 33.1. The third-order valence-electron chi connectivity index (χ3n) is 12.8. The van der Waals surface area contributed by atoms with E-state index in [1.165, 1.54) is 12.5 Å². The Balaban J connectivity index is 1.44. The molecule has 0 aromatic heterocycles. The first-order valence-corrected chi connectivity index (χ1v) is 16.7. The molecule has 0 aromatic rings. The summed E-state index contributed by atoms with van der Waals surface area (Å²) in [5.74, 6) is -1.18. The van der Waals surface area contributed by atoms with Crippen molar-refractivity contribution in [2.75, 3.05) is 7.11 Å². The maximum Gasteiger partial charge on any atom is 0.333 e. The van der Waals surface area contributed by atoms with E-state index in [-0.39, 0.29) is 35.9 Å². The lowest BCUT2D eigenvalue weighted by molar-refractivity contribution is -0.281. The maximum atomic E-state index is 13.3. The van der Waals surface area contributed by atoms with Crippen LogP contribution in [-0.2, 0) is 33.3 Å². The van der Waals surface area contributed by atoms with Gasteiger partial charge in [0, 0.05) is 26.0 Å². The average molecular weight is 635 g/mol. The van der Waals surface area contributed by atoms with Gasteiger partial charge in [-0.05, 0) is 89.9 Å². The number of aliphatic hydroxyl groups excluding tert-OH is 1. The zero-order valence-electron chi connectivity index (χ0n) is 28.2. The molecule has 0 unspecified atom stereocenters. The van der Waals surface area contributed by atoms with Crippen LogP contribution in [-0.4, -0.2) is 88.5 Å². The molecule has 0 bridgehead atoms. The molecular formula is C35H54O10. The van der Waals surface area contributed by atoms with Crippen LogP contribution < -0.4 is 0 Å². The molecule has 10 nitrogen and oxygen atoms in total. The molecule has 5 aliphatic rings. The SMILES string of the molecule is C/C=C(\C)C(=O)O[C@@H]1C[C@@H]2[C@@H](CC=C3C[C@@H](O[C@H]4C[C@@H](OC)[C@H](O)[C@@H](C)O4)CC[C@@]32C)[C@@]2(O)CC[C@@](O)([C@H](C)OC(C)=O)[C@@]12C. The molecule has 0 spiro atoms. The molecule has 0 radical (unpaired) electrons. The maximum absolute atomic E-state index is 13.3. The number of aliphatic hydroxyl groups is 3. The standard InChI is InChI=1S/C35H54O10/c1-9-19(2)31(38)45-28-17-26-25(35(40)15-14-34(39,33(28,35)7)21(4)43-22(5)36)11-10-23-16-24(12-13-32(23,26)6)44-29-18-27(41-8)30(37)20(3)42-29/h9-10,20-21,24-30,37,39-40H,11-18H2,1-8H3/b19-9+/t20-,21+,24+,25-,26-,27-,28-,29+,30-,32+,33-,34-,35+/m1/s1. The van der Waals surface area contributed by atoms with E-state index in [1.807, 2.05) is 13.8 Å². The van der Waals surface area contributed by atoms with Gasteiger partial charge in [-0.2, -0.15) is 0 Å². The molecule has 1 saturated heterocycles. The van der Waals surface area contributed by atoms with Gasteiger partial charge in [0.2, 0.25) is 0 Å². The number of esters is 2. The zero-order valence-corrected chi connectivity index (χ0v) is 28.2. The van der Waals surface area contributed by atoms with Crippen LogP contribution in [0.4, 0.5) is 0 Å². The second-order valence-corrected chi connectivity index (χ2v) is 14.8. The summed E-state index contributed by atoms with van der Waals surface area (Å²) < 4.78 is 29.7. The van der Waals surface area contributed by atoms with E-state index in [9.17, 15) is 24.9 Å². The summed E-state index contributed by atoms with van der Waals surface area (Å²) in [6.45, 7) is 12.3. The number of carbonyl (C=O) groups is 2. The molecule has 5 rings (SSSR count). The van der Waals surface area contributed by atoms with Gasteiger partial charge < -0.3 is 39.0 Å². The van der Waals surface area contributed by atoms with Gasteiger partial charge >= 0.3 is 11.9 Å². The van der Waals surface area contributed by atoms with Crippen LogP contribution in [0.1, 0.15) is 99.8 Å². The molecular weight excluding hydrogens is 580 g/mol. The van der Waals surface area contributed by atoms with Crippen molar-refractivity contribution in [2.24, 2.45) is 22.7 Å². The van der Waals surface area contributed by atoms with Crippen LogP contribution in [0.3, 0.4) is 0 Å². The van der Waals surface area contributed by atoms with E-state index >= 15 is 0 Å². The van der Waals surface area contributed by atoms with Crippen molar-refractivity contribution in [3.05, 3.63) is 23.3 Å². The van der Waals surface area contributed by atoms with Crippen LogP contribution in [0, 0.1) is 22.7 Å². The molecule has 0 aromatic carbocycles. The summed E-state index contributed by atoms with van der Waals surface area (Å²) in [4.78, 5) is 25.3. The molecule has 1 heterocycles. The number of hydrogen-bond acceptors (Lipinski definition) is 10. The average Bonchev–Trinajstić information content (AvgIpc) is 3.22. The Labute approximate surface area is 267 Å². The molecule has 4 fully saturated rings. The van der Waals surface area contributed by atoms with Crippen molar-refractivity contribution < 1.29 is 48.6 Å². The van der Waals surface area contributed by atoms with Crippen molar-refractivity contribution in [3.63, 3.8) is 0 Å². The highest BCUT2D eigenvalue weighted by atomic mass is 16.7. The quantitative estimate of drug-likeness (QED) is 0.213. The van der Waals surface area contributed by atoms with Gasteiger partial charge in [-0.15, -0.1) is 0 Å². The van der Waals surface area contributed by atoms with Crippen molar-refractivity contribution in [1.82, 2.24) is 0 Å². The fraction of sp³-hybridized carbons (Fsp3) is 0.829. The number of allylic oxidation sites excluding steroid dienone is 2. The van der Waals surface area contributed by atoms with Gasteiger partial charge in [-0.3, -0.25) is 4.79 Å². The molecule has 13 atom stereocenters. The molecule has 10 heteroatoms. The second-order valence-electron chi connectivity index (χ2n) is 14.8. The van der Waals surface area contributed by atoms with Crippen molar-refractivity contribution in [2.45, 2.75) is 154 Å². The largest absolute Gasteiger partial charge is 0.460 e. The lowest BCUT2D eigenvalue weighted by atomic mass is 9.44. The van der Waals surface area contributed by atoms with Gasteiger partial charge in [-0.1, -0.05) is 31.6 Å². The first-order valence-electron chi connectivity index (χ1n) is 16.7. The van der Waals surface area contributed by atoms with Crippen LogP contribution in [0.2, 0.25) is 0 Å². The number of ether oxygens (including phenoxy) is 5. The Morgan fingerprint density at radius 3 is 2.47 bits per heavy atom. The third kappa shape index (κ3) is 5.41. The fourth-order valence-electron chi connectivity index (χ4n) is 9.78. The lowest BCUT2D eigenvalue weighted by Crippen LogP contribution is -2.72. The monoisotopic (exact) mass is 634 g/mol. The van der Waals surface area contributed by atoms with E-state index in [0.717, 1.165) is 19.3 Å². The summed E-state index contributed by atoms with van der Waals surface area (Å²) in [7, 11) is 1.59. The number of fused-ring (bicyclic) bond motifs is 5. The van der Waals surface area contributed by atoms with Gasteiger partial charge in [0.25, 0.3) is 0 Å². The van der Waals surface area contributed by atoms with E-state index in [2.05, 4.69) is 13.0 Å². The molecule has 3 saturated carbocycles. The molecule has 45 heavy (non-hydrogen) atoms. The van der Waals surface area contributed by atoms with Crippen molar-refractivity contribution in [3.8, 4) is 0 Å². The highest BCUT2D eigenvalue weighted by Crippen LogP contribution is 2.70. The first kappa shape index (κ1) is 34.5. The summed E-state index contributed by atoms with van der Waals surface area (Å²) in [6.07, 6.45) is 4.66. The van der Waals surface area contributed by atoms with Crippen LogP contribution >= 0.6 is 0 Å². The summed E-state index contributed by atoms with van der Waals surface area (Å²) in [5.41, 5.74) is -2.79. The Kier molecular flexibility index (Phi) is 9.45. The molecule has 0 amide bonds. The number of rotatable bonds is 7. The number of methoxy groups -OCH3 is 1. The van der Waals surface area contributed by atoms with E-state index in [4.69, 9.17) is 23.7 Å². The Morgan fingerprint density at radius 1 is 1.11 bits per heavy atom. The van der Waals surface area contributed by atoms with E-state index < -0.39 is 59.3 Å².